The molecule has 148 valence electrons. The van der Waals surface area contributed by atoms with Gasteiger partial charge in [0.25, 0.3) is 10.0 Å². The highest BCUT2D eigenvalue weighted by molar-refractivity contribution is 7.92. The SMILES string of the molecule is CCOc1ccccc1NS(=O)(=O)c1ccc2c(c1)CC(C)N2C(=O)C1CC1. The van der Waals surface area contributed by atoms with Crippen LogP contribution in [0.5, 0.6) is 5.75 Å². The highest BCUT2D eigenvalue weighted by Crippen LogP contribution is 2.39. The van der Waals surface area contributed by atoms with Crippen LogP contribution in [-0.2, 0) is 21.2 Å². The minimum Gasteiger partial charge on any atom is -0.492 e. The molecule has 0 bridgehead atoms. The standard InChI is InChI=1S/C21H24N2O4S/c1-3-27-20-7-5-4-6-18(20)22-28(25,26)17-10-11-19-16(13-17)12-14(2)23(19)21(24)15-8-9-15/h4-7,10-11,13-15,22H,3,8-9,12H2,1-2H3. The summed E-state index contributed by atoms with van der Waals surface area (Å²) in [5.41, 5.74) is 2.13. The number of anilines is 2. The Labute approximate surface area is 165 Å². The van der Waals surface area contributed by atoms with Crippen LogP contribution in [0.15, 0.2) is 47.4 Å². The molecule has 1 heterocycles. The zero-order chi connectivity index (χ0) is 19.9. The molecule has 0 spiro atoms. The maximum atomic E-state index is 12.9. The molecule has 7 heteroatoms. The van der Waals surface area contributed by atoms with E-state index in [9.17, 15) is 13.2 Å². The number of nitrogens with zero attached hydrogens (tertiary/aromatic N) is 1. The van der Waals surface area contributed by atoms with Crippen molar-refractivity contribution in [2.75, 3.05) is 16.2 Å². The lowest BCUT2D eigenvalue weighted by Crippen LogP contribution is -2.36. The lowest BCUT2D eigenvalue weighted by Gasteiger charge is -2.22. The Kier molecular flexibility index (Phi) is 4.79. The smallest absolute Gasteiger partial charge is 0.262 e. The van der Waals surface area contributed by atoms with E-state index in [1.807, 2.05) is 18.7 Å². The maximum Gasteiger partial charge on any atom is 0.262 e. The van der Waals surface area contributed by atoms with Gasteiger partial charge in [0.1, 0.15) is 5.75 Å². The summed E-state index contributed by atoms with van der Waals surface area (Å²) in [6, 6.07) is 12.0. The van der Waals surface area contributed by atoms with E-state index in [1.54, 1.807) is 42.5 Å². The molecule has 1 saturated carbocycles. The topological polar surface area (TPSA) is 75.7 Å². The van der Waals surface area contributed by atoms with E-state index in [-0.39, 0.29) is 22.8 Å². The molecule has 0 saturated heterocycles. The van der Waals surface area contributed by atoms with E-state index in [1.165, 1.54) is 0 Å². The second kappa shape index (κ2) is 7.13. The third kappa shape index (κ3) is 3.46. The van der Waals surface area contributed by atoms with E-state index in [0.717, 1.165) is 24.1 Å². The summed E-state index contributed by atoms with van der Waals surface area (Å²) < 4.78 is 34.0. The van der Waals surface area contributed by atoms with Gasteiger partial charge in [-0.1, -0.05) is 12.1 Å². The molecule has 1 fully saturated rings. The Bertz CT molecular complexity index is 1010. The fraction of sp³-hybridized carbons (Fsp3) is 0.381. The van der Waals surface area contributed by atoms with Gasteiger partial charge in [-0.2, -0.15) is 0 Å². The first-order valence-corrected chi connectivity index (χ1v) is 11.1. The lowest BCUT2D eigenvalue weighted by molar-refractivity contribution is -0.120. The summed E-state index contributed by atoms with van der Waals surface area (Å²) in [6.45, 7) is 4.30. The fourth-order valence-corrected chi connectivity index (χ4v) is 4.79. The number of para-hydroxylation sites is 2. The van der Waals surface area contributed by atoms with Gasteiger partial charge in [-0.3, -0.25) is 9.52 Å². The van der Waals surface area contributed by atoms with Crippen molar-refractivity contribution in [3.05, 3.63) is 48.0 Å². The van der Waals surface area contributed by atoms with Gasteiger partial charge in [0, 0.05) is 17.6 Å². The van der Waals surface area contributed by atoms with Gasteiger partial charge in [-0.05, 0) is 69.0 Å². The van der Waals surface area contributed by atoms with Crippen molar-refractivity contribution >= 4 is 27.3 Å². The summed E-state index contributed by atoms with van der Waals surface area (Å²) >= 11 is 0. The fourth-order valence-electron chi connectivity index (χ4n) is 3.67. The van der Waals surface area contributed by atoms with Gasteiger partial charge in [0.05, 0.1) is 17.2 Å². The number of rotatable bonds is 6. The molecule has 0 aromatic heterocycles. The molecule has 6 nitrogen and oxygen atoms in total. The molecule has 28 heavy (non-hydrogen) atoms. The number of hydrogen-bond donors (Lipinski definition) is 1. The summed E-state index contributed by atoms with van der Waals surface area (Å²) in [4.78, 5) is 14.6. The Hall–Kier alpha value is -2.54. The largest absolute Gasteiger partial charge is 0.492 e. The second-order valence-electron chi connectivity index (χ2n) is 7.36. The van der Waals surface area contributed by atoms with Gasteiger partial charge < -0.3 is 9.64 Å². The number of carbonyl (C=O) groups excluding carboxylic acids is 1. The molecule has 4 rings (SSSR count). The van der Waals surface area contributed by atoms with E-state index < -0.39 is 10.0 Å². The third-order valence-corrected chi connectivity index (χ3v) is 6.54. The van der Waals surface area contributed by atoms with Crippen molar-refractivity contribution in [2.45, 2.75) is 44.0 Å². The van der Waals surface area contributed by atoms with Crippen LogP contribution in [0.4, 0.5) is 11.4 Å². The summed E-state index contributed by atoms with van der Waals surface area (Å²) in [6.07, 6.45) is 2.56. The van der Waals surface area contributed by atoms with Gasteiger partial charge >= 0.3 is 0 Å². The molecule has 2 aromatic rings. The van der Waals surface area contributed by atoms with Crippen molar-refractivity contribution in [1.29, 1.82) is 0 Å². The van der Waals surface area contributed by atoms with Crippen molar-refractivity contribution in [1.82, 2.24) is 0 Å². The monoisotopic (exact) mass is 400 g/mol. The van der Waals surface area contributed by atoms with Crippen LogP contribution in [-0.4, -0.2) is 27.0 Å². The lowest BCUT2D eigenvalue weighted by atomic mass is 10.1. The van der Waals surface area contributed by atoms with Crippen LogP contribution >= 0.6 is 0 Å². The molecule has 1 aliphatic carbocycles. The average Bonchev–Trinajstić information content (AvgIpc) is 3.45. The normalized spacial score (nSPS) is 18.6. The first-order chi connectivity index (χ1) is 13.4. The van der Waals surface area contributed by atoms with Crippen LogP contribution in [0.3, 0.4) is 0 Å². The van der Waals surface area contributed by atoms with Crippen LogP contribution in [0, 0.1) is 5.92 Å². The number of ether oxygens (including phenoxy) is 1. The van der Waals surface area contributed by atoms with Crippen molar-refractivity contribution in [3.63, 3.8) is 0 Å². The predicted octanol–water partition coefficient (Wildman–Crippen LogP) is 3.57. The minimum absolute atomic E-state index is 0.0488. The Morgan fingerprint density at radius 1 is 1.21 bits per heavy atom. The second-order valence-corrected chi connectivity index (χ2v) is 9.04. The van der Waals surface area contributed by atoms with Crippen molar-refractivity contribution in [2.24, 2.45) is 5.92 Å². The molecule has 1 N–H and O–H groups in total. The van der Waals surface area contributed by atoms with Crippen LogP contribution in [0.25, 0.3) is 0 Å². The number of nitrogens with one attached hydrogen (secondary N) is 1. The molecular weight excluding hydrogens is 376 g/mol. The number of fused-ring (bicyclic) bond motifs is 1. The number of sulfonamides is 1. The number of hydrogen-bond acceptors (Lipinski definition) is 4. The average molecular weight is 401 g/mol. The van der Waals surface area contributed by atoms with Crippen molar-refractivity contribution < 1.29 is 17.9 Å². The molecule has 1 unspecified atom stereocenters. The zero-order valence-electron chi connectivity index (χ0n) is 16.0. The van der Waals surface area contributed by atoms with Gasteiger partial charge in [0.15, 0.2) is 0 Å². The van der Waals surface area contributed by atoms with Gasteiger partial charge in [0.2, 0.25) is 5.91 Å². The van der Waals surface area contributed by atoms with E-state index in [2.05, 4.69) is 4.72 Å². The quantitative estimate of drug-likeness (QED) is 0.804. The summed E-state index contributed by atoms with van der Waals surface area (Å²) in [7, 11) is -3.77. The Balaban J connectivity index is 1.62. The highest BCUT2D eigenvalue weighted by Gasteiger charge is 2.39. The van der Waals surface area contributed by atoms with Crippen molar-refractivity contribution in [3.8, 4) is 5.75 Å². The Morgan fingerprint density at radius 2 is 1.96 bits per heavy atom. The molecule has 1 amide bonds. The predicted molar refractivity (Wildman–Crippen MR) is 108 cm³/mol. The third-order valence-electron chi connectivity index (χ3n) is 5.17. The molecule has 1 atom stereocenters. The van der Waals surface area contributed by atoms with Gasteiger partial charge in [-0.15, -0.1) is 0 Å². The number of benzene rings is 2. The van der Waals surface area contributed by atoms with E-state index in [4.69, 9.17) is 4.74 Å². The van der Waals surface area contributed by atoms with E-state index >= 15 is 0 Å². The summed E-state index contributed by atoms with van der Waals surface area (Å²) in [5.74, 6) is 0.781. The molecule has 1 aliphatic heterocycles. The van der Waals surface area contributed by atoms with Gasteiger partial charge in [-0.25, -0.2) is 8.42 Å². The minimum atomic E-state index is -3.77. The first-order valence-electron chi connectivity index (χ1n) is 9.61. The number of amides is 1. The molecule has 0 radical (unpaired) electrons. The van der Waals surface area contributed by atoms with Crippen LogP contribution < -0.4 is 14.4 Å². The first kappa shape index (κ1) is 18.8. The molecule has 2 aromatic carbocycles. The molecular formula is C21H24N2O4S. The highest BCUT2D eigenvalue weighted by atomic mass is 32.2. The van der Waals surface area contributed by atoms with Crippen LogP contribution in [0.1, 0.15) is 32.3 Å². The maximum absolute atomic E-state index is 12.9. The molecule has 2 aliphatic rings. The summed E-state index contributed by atoms with van der Waals surface area (Å²) in [5, 5.41) is 0. The van der Waals surface area contributed by atoms with E-state index in [0.29, 0.717) is 24.5 Å². The van der Waals surface area contributed by atoms with Crippen LogP contribution in [0.2, 0.25) is 0 Å². The Morgan fingerprint density at radius 3 is 2.68 bits per heavy atom. The zero-order valence-corrected chi connectivity index (χ0v) is 16.8. The number of carbonyl (C=O) groups is 1.